The lowest BCUT2D eigenvalue weighted by Gasteiger charge is -2.31. The second kappa shape index (κ2) is 7.97. The summed E-state index contributed by atoms with van der Waals surface area (Å²) in [6, 6.07) is 11.5. The average molecular weight is 416 g/mol. The van der Waals surface area contributed by atoms with E-state index in [0.29, 0.717) is 23.0 Å². The highest BCUT2D eigenvalue weighted by Crippen LogP contribution is 2.33. The number of carbonyl (C=O) groups is 1. The van der Waals surface area contributed by atoms with Crippen LogP contribution in [0.1, 0.15) is 18.4 Å². The number of piperidine rings is 1. The standard InChI is InChI=1S/C21H22ClN3O2S/c1-13-5-7-16-19(10-13)28-21(24-16)25-9-3-4-14(12-25)20(26)23-17-11-15(22)6-8-18(17)27-2/h5-8,10-11,14H,3-4,9,12H2,1-2H3,(H,23,26). The number of nitrogens with zero attached hydrogens (tertiary/aromatic N) is 2. The number of aromatic nitrogens is 1. The molecule has 1 amide bonds. The molecule has 28 heavy (non-hydrogen) atoms. The number of fused-ring (bicyclic) bond motifs is 1. The summed E-state index contributed by atoms with van der Waals surface area (Å²) in [6.07, 6.45) is 1.81. The normalized spacial score (nSPS) is 17.0. The Morgan fingerprint density at radius 1 is 1.32 bits per heavy atom. The SMILES string of the molecule is COc1ccc(Cl)cc1NC(=O)C1CCCN(c2nc3ccc(C)cc3s2)C1. The summed E-state index contributed by atoms with van der Waals surface area (Å²) in [7, 11) is 1.58. The third kappa shape index (κ3) is 3.93. The molecule has 1 aliphatic heterocycles. The summed E-state index contributed by atoms with van der Waals surface area (Å²) in [4.78, 5) is 19.9. The van der Waals surface area contributed by atoms with E-state index in [0.717, 1.165) is 30.0 Å². The van der Waals surface area contributed by atoms with Crippen molar-refractivity contribution in [1.29, 1.82) is 0 Å². The van der Waals surface area contributed by atoms with Crippen molar-refractivity contribution in [2.24, 2.45) is 5.92 Å². The van der Waals surface area contributed by atoms with Crippen LogP contribution in [0.4, 0.5) is 10.8 Å². The van der Waals surface area contributed by atoms with E-state index >= 15 is 0 Å². The van der Waals surface area contributed by atoms with Crippen LogP contribution in [0, 0.1) is 12.8 Å². The molecule has 1 fully saturated rings. The van der Waals surface area contributed by atoms with Crippen LogP contribution in [0.3, 0.4) is 0 Å². The van der Waals surface area contributed by atoms with E-state index in [9.17, 15) is 4.79 Å². The number of rotatable bonds is 4. The first-order valence-corrected chi connectivity index (χ1v) is 10.5. The zero-order chi connectivity index (χ0) is 19.7. The molecule has 5 nitrogen and oxygen atoms in total. The summed E-state index contributed by atoms with van der Waals surface area (Å²) in [5, 5.41) is 4.53. The van der Waals surface area contributed by atoms with E-state index in [1.165, 1.54) is 10.3 Å². The molecule has 0 radical (unpaired) electrons. The van der Waals surface area contributed by atoms with Crippen molar-refractivity contribution in [3.8, 4) is 5.75 Å². The number of hydrogen-bond donors (Lipinski definition) is 1. The molecule has 1 aromatic heterocycles. The molecule has 4 rings (SSSR count). The number of anilines is 2. The Morgan fingerprint density at radius 2 is 2.18 bits per heavy atom. The number of thiazole rings is 1. The number of carbonyl (C=O) groups excluding carboxylic acids is 1. The Labute approximate surface area is 173 Å². The van der Waals surface area contributed by atoms with Crippen molar-refractivity contribution in [2.75, 3.05) is 30.4 Å². The van der Waals surface area contributed by atoms with Crippen molar-refractivity contribution in [1.82, 2.24) is 4.98 Å². The molecule has 1 aliphatic rings. The van der Waals surface area contributed by atoms with Crippen LogP contribution in [0.15, 0.2) is 36.4 Å². The van der Waals surface area contributed by atoms with Gasteiger partial charge in [0.2, 0.25) is 5.91 Å². The minimum Gasteiger partial charge on any atom is -0.495 e. The number of nitrogens with one attached hydrogen (secondary N) is 1. The zero-order valence-corrected chi connectivity index (χ0v) is 17.4. The Balaban J connectivity index is 1.50. The van der Waals surface area contributed by atoms with Crippen molar-refractivity contribution in [2.45, 2.75) is 19.8 Å². The Kier molecular flexibility index (Phi) is 5.42. The maximum Gasteiger partial charge on any atom is 0.229 e. The van der Waals surface area contributed by atoms with Gasteiger partial charge in [0, 0.05) is 18.1 Å². The highest BCUT2D eigenvalue weighted by molar-refractivity contribution is 7.22. The molecule has 3 aromatic rings. The lowest BCUT2D eigenvalue weighted by Crippen LogP contribution is -2.40. The van der Waals surface area contributed by atoms with Gasteiger partial charge in [0.1, 0.15) is 5.75 Å². The molecule has 0 saturated carbocycles. The lowest BCUT2D eigenvalue weighted by atomic mass is 9.97. The van der Waals surface area contributed by atoms with Crippen LogP contribution >= 0.6 is 22.9 Å². The first kappa shape index (κ1) is 19.0. The summed E-state index contributed by atoms with van der Waals surface area (Å²) < 4.78 is 6.52. The number of benzene rings is 2. The molecular weight excluding hydrogens is 394 g/mol. The van der Waals surface area contributed by atoms with Gasteiger partial charge >= 0.3 is 0 Å². The fourth-order valence-electron chi connectivity index (χ4n) is 3.53. The van der Waals surface area contributed by atoms with Crippen LogP contribution in [0.2, 0.25) is 5.02 Å². The van der Waals surface area contributed by atoms with Gasteiger partial charge in [0.15, 0.2) is 5.13 Å². The lowest BCUT2D eigenvalue weighted by molar-refractivity contribution is -0.120. The number of aryl methyl sites for hydroxylation is 1. The van der Waals surface area contributed by atoms with Crippen LogP contribution in [-0.4, -0.2) is 31.1 Å². The molecule has 0 spiro atoms. The first-order valence-electron chi connectivity index (χ1n) is 9.30. The van der Waals surface area contributed by atoms with Crippen LogP contribution in [0.5, 0.6) is 5.75 Å². The predicted octanol–water partition coefficient (Wildman–Crippen LogP) is 5.12. The number of halogens is 1. The Hall–Kier alpha value is -2.31. The number of amides is 1. The van der Waals surface area contributed by atoms with Gasteiger partial charge in [0.05, 0.1) is 28.9 Å². The van der Waals surface area contributed by atoms with Crippen molar-refractivity contribution in [3.05, 3.63) is 47.0 Å². The molecule has 7 heteroatoms. The minimum absolute atomic E-state index is 0.0118. The quantitative estimate of drug-likeness (QED) is 0.642. The summed E-state index contributed by atoms with van der Waals surface area (Å²) in [5.74, 6) is 0.486. The minimum atomic E-state index is -0.105. The Morgan fingerprint density at radius 3 is 3.00 bits per heavy atom. The van der Waals surface area contributed by atoms with E-state index in [2.05, 4.69) is 35.3 Å². The van der Waals surface area contributed by atoms with Gasteiger partial charge in [0.25, 0.3) is 0 Å². The third-order valence-corrected chi connectivity index (χ3v) is 6.33. The third-order valence-electron chi connectivity index (χ3n) is 5.01. The predicted molar refractivity (Wildman–Crippen MR) is 116 cm³/mol. The van der Waals surface area contributed by atoms with Gasteiger partial charge in [-0.3, -0.25) is 4.79 Å². The average Bonchev–Trinajstić information content (AvgIpc) is 3.11. The van der Waals surface area contributed by atoms with Gasteiger partial charge in [-0.25, -0.2) is 4.98 Å². The second-order valence-corrected chi connectivity index (χ2v) is 8.53. The zero-order valence-electron chi connectivity index (χ0n) is 15.9. The van der Waals surface area contributed by atoms with E-state index < -0.39 is 0 Å². The van der Waals surface area contributed by atoms with Crippen LogP contribution in [-0.2, 0) is 4.79 Å². The molecule has 0 aliphatic carbocycles. The van der Waals surface area contributed by atoms with Gasteiger partial charge in [-0.05, 0) is 55.7 Å². The summed E-state index contributed by atoms with van der Waals surface area (Å²) >= 11 is 7.76. The molecule has 146 valence electrons. The maximum absolute atomic E-state index is 12.9. The van der Waals surface area contributed by atoms with Crippen molar-refractivity contribution >= 4 is 49.9 Å². The molecule has 1 atom stereocenters. The molecule has 1 saturated heterocycles. The first-order chi connectivity index (χ1) is 13.5. The highest BCUT2D eigenvalue weighted by atomic mass is 35.5. The molecular formula is C21H22ClN3O2S. The summed E-state index contributed by atoms with van der Waals surface area (Å²) in [6.45, 7) is 3.67. The molecule has 1 N–H and O–H groups in total. The van der Waals surface area contributed by atoms with Gasteiger partial charge in [-0.1, -0.05) is 29.0 Å². The fraction of sp³-hybridized carbons (Fsp3) is 0.333. The Bertz CT molecular complexity index is 1020. The van der Waals surface area contributed by atoms with Crippen molar-refractivity contribution in [3.63, 3.8) is 0 Å². The van der Waals surface area contributed by atoms with E-state index in [1.807, 2.05) is 0 Å². The second-order valence-electron chi connectivity index (χ2n) is 7.09. The molecule has 1 unspecified atom stereocenters. The van der Waals surface area contributed by atoms with Gasteiger partial charge in [-0.15, -0.1) is 0 Å². The smallest absolute Gasteiger partial charge is 0.229 e. The van der Waals surface area contributed by atoms with Gasteiger partial charge in [-0.2, -0.15) is 0 Å². The number of ether oxygens (including phenoxy) is 1. The fourth-order valence-corrected chi connectivity index (χ4v) is 4.80. The number of hydrogen-bond acceptors (Lipinski definition) is 5. The van der Waals surface area contributed by atoms with Crippen LogP contribution < -0.4 is 15.0 Å². The van der Waals surface area contributed by atoms with E-state index in [-0.39, 0.29) is 11.8 Å². The van der Waals surface area contributed by atoms with Crippen LogP contribution in [0.25, 0.3) is 10.2 Å². The molecule has 0 bridgehead atoms. The van der Waals surface area contributed by atoms with E-state index in [4.69, 9.17) is 21.3 Å². The summed E-state index contributed by atoms with van der Waals surface area (Å²) in [5.41, 5.74) is 2.85. The maximum atomic E-state index is 12.9. The molecule has 2 aromatic carbocycles. The van der Waals surface area contributed by atoms with Crippen molar-refractivity contribution < 1.29 is 9.53 Å². The molecule has 2 heterocycles. The largest absolute Gasteiger partial charge is 0.495 e. The van der Waals surface area contributed by atoms with E-state index in [1.54, 1.807) is 36.6 Å². The highest BCUT2D eigenvalue weighted by Gasteiger charge is 2.28. The van der Waals surface area contributed by atoms with Gasteiger partial charge < -0.3 is 15.0 Å². The number of methoxy groups -OCH3 is 1. The topological polar surface area (TPSA) is 54.5 Å². The monoisotopic (exact) mass is 415 g/mol.